The molecule has 0 spiro atoms. The first-order chi connectivity index (χ1) is 9.29. The molecule has 1 heterocycles. The maximum Gasteiger partial charge on any atom is 0.164 e. The van der Waals surface area contributed by atoms with Crippen molar-refractivity contribution >= 4 is 5.78 Å². The Morgan fingerprint density at radius 3 is 2.68 bits per heavy atom. The second-order valence-corrected chi connectivity index (χ2v) is 4.10. The summed E-state index contributed by atoms with van der Waals surface area (Å²) in [6.07, 6.45) is 1.69. The number of ketones is 1. The van der Waals surface area contributed by atoms with Crippen molar-refractivity contribution in [1.29, 1.82) is 0 Å². The molecule has 98 valence electrons. The predicted molar refractivity (Wildman–Crippen MR) is 70.8 cm³/mol. The van der Waals surface area contributed by atoms with E-state index in [2.05, 4.69) is 4.98 Å². The molecule has 0 amide bonds. The van der Waals surface area contributed by atoms with Gasteiger partial charge in [0.15, 0.2) is 5.78 Å². The van der Waals surface area contributed by atoms with Crippen LogP contribution in [0, 0.1) is 0 Å². The van der Waals surface area contributed by atoms with Crippen molar-refractivity contribution in [3.05, 3.63) is 59.9 Å². The number of aliphatic hydroxyl groups is 1. The highest BCUT2D eigenvalue weighted by Crippen LogP contribution is 2.17. The summed E-state index contributed by atoms with van der Waals surface area (Å²) in [7, 11) is 0. The number of aliphatic hydroxyl groups excluding tert-OH is 1. The number of carbonyl (C=O) groups excluding carboxylic acids is 1. The Morgan fingerprint density at radius 1 is 1.16 bits per heavy atom. The third-order valence-corrected chi connectivity index (χ3v) is 2.63. The summed E-state index contributed by atoms with van der Waals surface area (Å²) in [5.74, 6) is 0.302. The van der Waals surface area contributed by atoms with Crippen LogP contribution in [0.25, 0.3) is 0 Å². The minimum atomic E-state index is -0.477. The normalized spacial score (nSPS) is 10.2. The van der Waals surface area contributed by atoms with E-state index in [1.165, 1.54) is 0 Å². The fraction of sp³-hybridized carbons (Fsp3) is 0.200. The molecule has 1 aromatic carbocycles. The van der Waals surface area contributed by atoms with Gasteiger partial charge in [-0.1, -0.05) is 30.3 Å². The number of nitrogens with zero attached hydrogens (tertiary/aromatic N) is 1. The maximum absolute atomic E-state index is 11.3. The van der Waals surface area contributed by atoms with Crippen LogP contribution >= 0.6 is 0 Å². The van der Waals surface area contributed by atoms with E-state index in [4.69, 9.17) is 9.84 Å². The van der Waals surface area contributed by atoms with Gasteiger partial charge in [0.2, 0.25) is 0 Å². The van der Waals surface area contributed by atoms with E-state index >= 15 is 0 Å². The van der Waals surface area contributed by atoms with Crippen molar-refractivity contribution < 1.29 is 14.6 Å². The molecule has 0 atom stereocenters. The second-order valence-electron chi connectivity index (χ2n) is 4.10. The fourth-order valence-electron chi connectivity index (χ4n) is 1.67. The van der Waals surface area contributed by atoms with Gasteiger partial charge in [-0.2, -0.15) is 0 Å². The first-order valence-corrected chi connectivity index (χ1v) is 6.03. The van der Waals surface area contributed by atoms with E-state index in [1.54, 1.807) is 18.3 Å². The topological polar surface area (TPSA) is 59.4 Å². The van der Waals surface area contributed by atoms with Gasteiger partial charge in [0, 0.05) is 6.20 Å². The Kier molecular flexibility index (Phi) is 4.64. The number of Topliss-reactive ketones (excluding diaryl/α,β-unsaturated/α-hetero) is 1. The molecule has 4 heteroatoms. The zero-order valence-electron chi connectivity index (χ0n) is 10.5. The van der Waals surface area contributed by atoms with Crippen LogP contribution in [-0.2, 0) is 17.8 Å². The molecule has 0 fully saturated rings. The first kappa shape index (κ1) is 13.2. The zero-order valence-corrected chi connectivity index (χ0v) is 10.5. The Bertz CT molecular complexity index is 540. The molecule has 0 aliphatic rings. The Labute approximate surface area is 111 Å². The van der Waals surface area contributed by atoms with Crippen LogP contribution in [0.3, 0.4) is 0 Å². The lowest BCUT2D eigenvalue weighted by molar-refractivity contribution is -0.121. The molecule has 2 rings (SSSR count). The smallest absolute Gasteiger partial charge is 0.164 e. The number of rotatable bonds is 6. The molecule has 0 aliphatic heterocycles. The predicted octanol–water partition coefficient (Wildman–Crippen LogP) is 1.76. The quantitative estimate of drug-likeness (QED) is 0.856. The highest BCUT2D eigenvalue weighted by molar-refractivity contribution is 5.81. The molecule has 19 heavy (non-hydrogen) atoms. The van der Waals surface area contributed by atoms with E-state index in [0.717, 1.165) is 5.56 Å². The fourth-order valence-corrected chi connectivity index (χ4v) is 1.67. The summed E-state index contributed by atoms with van der Waals surface area (Å²) in [6, 6.07) is 13.3. The molecule has 0 saturated carbocycles. The lowest BCUT2D eigenvalue weighted by Gasteiger charge is -2.09. The summed E-state index contributed by atoms with van der Waals surface area (Å²) < 4.78 is 5.67. The lowest BCUT2D eigenvalue weighted by Crippen LogP contribution is -2.10. The van der Waals surface area contributed by atoms with Gasteiger partial charge in [-0.25, -0.2) is 0 Å². The van der Waals surface area contributed by atoms with Crippen molar-refractivity contribution in [1.82, 2.24) is 4.98 Å². The highest BCUT2D eigenvalue weighted by atomic mass is 16.5. The van der Waals surface area contributed by atoms with E-state index < -0.39 is 6.61 Å². The average molecular weight is 257 g/mol. The Balaban J connectivity index is 2.05. The monoisotopic (exact) mass is 257 g/mol. The van der Waals surface area contributed by atoms with Crippen LogP contribution in [0.4, 0.5) is 0 Å². The third-order valence-electron chi connectivity index (χ3n) is 2.63. The van der Waals surface area contributed by atoms with Crippen molar-refractivity contribution in [2.45, 2.75) is 13.0 Å². The minimum Gasteiger partial charge on any atom is -0.487 e. The summed E-state index contributed by atoms with van der Waals surface area (Å²) in [6.45, 7) is -0.0540. The zero-order chi connectivity index (χ0) is 13.5. The maximum atomic E-state index is 11.3. The van der Waals surface area contributed by atoms with Crippen LogP contribution in [0.5, 0.6) is 5.75 Å². The van der Waals surface area contributed by atoms with Gasteiger partial charge in [0.05, 0.1) is 12.1 Å². The second kappa shape index (κ2) is 6.66. The molecule has 0 unspecified atom stereocenters. The number of carbonyl (C=O) groups is 1. The van der Waals surface area contributed by atoms with Crippen LogP contribution in [0.2, 0.25) is 0 Å². The Morgan fingerprint density at radius 2 is 1.95 bits per heavy atom. The molecule has 1 aromatic heterocycles. The van der Waals surface area contributed by atoms with Crippen molar-refractivity contribution in [3.8, 4) is 5.75 Å². The minimum absolute atomic E-state index is 0.0848. The molecule has 4 nitrogen and oxygen atoms in total. The molecule has 0 aliphatic carbocycles. The molecular formula is C15H15NO3. The van der Waals surface area contributed by atoms with Gasteiger partial charge in [-0.05, 0) is 17.7 Å². The number of aromatic nitrogens is 1. The highest BCUT2D eigenvalue weighted by Gasteiger charge is 2.09. The molecular weight excluding hydrogens is 242 g/mol. The SMILES string of the molecule is O=C(CO)Cc1ncccc1OCc1ccccc1. The number of pyridine rings is 1. The Hall–Kier alpha value is -2.20. The number of benzene rings is 1. The summed E-state index contributed by atoms with van der Waals surface area (Å²) in [5.41, 5.74) is 1.60. The molecule has 0 bridgehead atoms. The summed E-state index contributed by atoms with van der Waals surface area (Å²) in [4.78, 5) is 15.4. The largest absolute Gasteiger partial charge is 0.487 e. The van der Waals surface area contributed by atoms with Crippen molar-refractivity contribution in [2.24, 2.45) is 0 Å². The molecule has 0 radical (unpaired) electrons. The molecule has 0 saturated heterocycles. The van der Waals surface area contributed by atoms with Gasteiger partial charge in [-0.3, -0.25) is 9.78 Å². The van der Waals surface area contributed by atoms with Gasteiger partial charge in [0.25, 0.3) is 0 Å². The van der Waals surface area contributed by atoms with Gasteiger partial charge in [-0.15, -0.1) is 0 Å². The lowest BCUT2D eigenvalue weighted by atomic mass is 10.2. The first-order valence-electron chi connectivity index (χ1n) is 6.03. The van der Waals surface area contributed by atoms with Gasteiger partial charge >= 0.3 is 0 Å². The van der Waals surface area contributed by atoms with Gasteiger partial charge < -0.3 is 9.84 Å². The summed E-state index contributed by atoms with van der Waals surface area (Å²) in [5, 5.41) is 8.78. The van der Waals surface area contributed by atoms with E-state index in [0.29, 0.717) is 18.1 Å². The van der Waals surface area contributed by atoms with Crippen molar-refractivity contribution in [2.75, 3.05) is 6.61 Å². The third kappa shape index (κ3) is 3.89. The van der Waals surface area contributed by atoms with E-state index in [9.17, 15) is 4.79 Å². The number of hydrogen-bond donors (Lipinski definition) is 1. The van der Waals surface area contributed by atoms with E-state index in [1.807, 2.05) is 30.3 Å². The van der Waals surface area contributed by atoms with Crippen molar-refractivity contribution in [3.63, 3.8) is 0 Å². The molecule has 2 aromatic rings. The summed E-state index contributed by atoms with van der Waals surface area (Å²) >= 11 is 0. The number of hydrogen-bond acceptors (Lipinski definition) is 4. The van der Waals surface area contributed by atoms with Crippen LogP contribution in [-0.4, -0.2) is 22.5 Å². The number of ether oxygens (including phenoxy) is 1. The van der Waals surface area contributed by atoms with E-state index in [-0.39, 0.29) is 12.2 Å². The standard InChI is InChI=1S/C15H15NO3/c17-10-13(18)9-14-15(7-4-8-16-14)19-11-12-5-2-1-3-6-12/h1-8,17H,9-11H2. The van der Waals surface area contributed by atoms with Gasteiger partial charge in [0.1, 0.15) is 19.0 Å². The van der Waals surface area contributed by atoms with Crippen LogP contribution in [0.15, 0.2) is 48.7 Å². The van der Waals surface area contributed by atoms with Crippen LogP contribution < -0.4 is 4.74 Å². The average Bonchev–Trinajstić information content (AvgIpc) is 2.47. The molecule has 1 N–H and O–H groups in total. The van der Waals surface area contributed by atoms with Crippen LogP contribution in [0.1, 0.15) is 11.3 Å².